The van der Waals surface area contributed by atoms with Crippen molar-refractivity contribution in [3.63, 3.8) is 0 Å². The van der Waals surface area contributed by atoms with E-state index in [1.165, 1.54) is 0 Å². The third kappa shape index (κ3) is 3.24. The van der Waals surface area contributed by atoms with E-state index < -0.39 is 5.60 Å². The summed E-state index contributed by atoms with van der Waals surface area (Å²) in [5, 5.41) is 10.3. The van der Waals surface area contributed by atoms with Crippen molar-refractivity contribution in [2.24, 2.45) is 0 Å². The summed E-state index contributed by atoms with van der Waals surface area (Å²) in [5.74, 6) is 3.14. The molecular formula is C19H24N2O5. The van der Waals surface area contributed by atoms with Crippen LogP contribution in [0.25, 0.3) is 11.5 Å². The van der Waals surface area contributed by atoms with Gasteiger partial charge in [-0.05, 0) is 45.4 Å². The van der Waals surface area contributed by atoms with Crippen LogP contribution in [0, 0.1) is 6.92 Å². The van der Waals surface area contributed by atoms with Crippen molar-refractivity contribution < 1.29 is 23.7 Å². The summed E-state index contributed by atoms with van der Waals surface area (Å²) < 4.78 is 22.2. The van der Waals surface area contributed by atoms with E-state index in [-0.39, 0.29) is 6.79 Å². The lowest BCUT2D eigenvalue weighted by Crippen LogP contribution is -2.45. The van der Waals surface area contributed by atoms with Crippen LogP contribution in [0.2, 0.25) is 0 Å². The first-order valence-electron chi connectivity index (χ1n) is 8.84. The highest BCUT2D eigenvalue weighted by Gasteiger charge is 2.29. The van der Waals surface area contributed by atoms with E-state index in [4.69, 9.17) is 18.6 Å². The van der Waals surface area contributed by atoms with Crippen molar-refractivity contribution in [2.45, 2.75) is 38.8 Å². The lowest BCUT2D eigenvalue weighted by Gasteiger charge is -2.36. The van der Waals surface area contributed by atoms with Crippen LogP contribution in [-0.4, -0.2) is 47.6 Å². The summed E-state index contributed by atoms with van der Waals surface area (Å²) in [4.78, 5) is 6.90. The lowest BCUT2D eigenvalue weighted by molar-refractivity contribution is -0.0185. The number of methoxy groups -OCH3 is 1. The Hall–Kier alpha value is -2.25. The number of oxazole rings is 1. The van der Waals surface area contributed by atoms with Gasteiger partial charge < -0.3 is 23.7 Å². The van der Waals surface area contributed by atoms with Crippen LogP contribution in [0.3, 0.4) is 0 Å². The van der Waals surface area contributed by atoms with Crippen molar-refractivity contribution in [1.82, 2.24) is 9.88 Å². The number of rotatable bonds is 4. The van der Waals surface area contributed by atoms with Gasteiger partial charge in [-0.3, -0.25) is 4.90 Å². The molecule has 1 fully saturated rings. The van der Waals surface area contributed by atoms with Gasteiger partial charge in [0.2, 0.25) is 18.4 Å². The highest BCUT2D eigenvalue weighted by Crippen LogP contribution is 2.44. The molecule has 1 saturated heterocycles. The predicted molar refractivity (Wildman–Crippen MR) is 94.5 cm³/mol. The number of nitrogens with zero attached hydrogens (tertiary/aromatic N) is 2. The molecule has 4 rings (SSSR count). The Bertz CT molecular complexity index is 815. The fourth-order valence-corrected chi connectivity index (χ4v) is 3.62. The Balaban J connectivity index is 1.59. The molecule has 0 bridgehead atoms. The van der Waals surface area contributed by atoms with Crippen LogP contribution in [0.1, 0.15) is 31.2 Å². The minimum atomic E-state index is -0.636. The SMILES string of the molecule is COc1cc(-c2nc(CN3CCC[C@@](C)(O)C3)c(C)o2)cc2c1OCO2. The van der Waals surface area contributed by atoms with Crippen LogP contribution in [-0.2, 0) is 6.54 Å². The van der Waals surface area contributed by atoms with Gasteiger partial charge in [0.25, 0.3) is 0 Å². The van der Waals surface area contributed by atoms with Gasteiger partial charge in [0.05, 0.1) is 18.4 Å². The lowest BCUT2D eigenvalue weighted by atomic mass is 9.95. The molecule has 140 valence electrons. The first-order valence-corrected chi connectivity index (χ1v) is 8.84. The van der Waals surface area contributed by atoms with Gasteiger partial charge in [-0.1, -0.05) is 0 Å². The van der Waals surface area contributed by atoms with Crippen molar-refractivity contribution in [3.8, 4) is 28.7 Å². The number of hydrogen-bond acceptors (Lipinski definition) is 7. The minimum absolute atomic E-state index is 0.180. The number of hydrogen-bond donors (Lipinski definition) is 1. The van der Waals surface area contributed by atoms with Crippen LogP contribution < -0.4 is 14.2 Å². The number of β-amino-alcohol motifs (C(OH)–C–C–N with tert-alkyl or cyclic N) is 1. The van der Waals surface area contributed by atoms with Gasteiger partial charge in [0.1, 0.15) is 5.76 Å². The largest absolute Gasteiger partial charge is 0.493 e. The van der Waals surface area contributed by atoms with E-state index in [0.717, 1.165) is 36.4 Å². The van der Waals surface area contributed by atoms with Crippen LogP contribution in [0.5, 0.6) is 17.2 Å². The number of fused-ring (bicyclic) bond motifs is 1. The number of aliphatic hydroxyl groups is 1. The molecule has 2 aliphatic rings. The number of ether oxygens (including phenoxy) is 3. The highest BCUT2D eigenvalue weighted by atomic mass is 16.7. The second kappa shape index (κ2) is 6.48. The molecule has 1 aromatic heterocycles. The monoisotopic (exact) mass is 360 g/mol. The van der Waals surface area contributed by atoms with E-state index in [0.29, 0.717) is 36.2 Å². The second-order valence-electron chi connectivity index (χ2n) is 7.25. The van der Waals surface area contributed by atoms with E-state index in [2.05, 4.69) is 9.88 Å². The molecule has 7 heteroatoms. The number of aromatic nitrogens is 1. The Morgan fingerprint density at radius 3 is 2.96 bits per heavy atom. The summed E-state index contributed by atoms with van der Waals surface area (Å²) in [6, 6.07) is 3.69. The maximum Gasteiger partial charge on any atom is 0.231 e. The molecule has 3 heterocycles. The molecule has 0 spiro atoms. The molecule has 1 N–H and O–H groups in total. The molecule has 7 nitrogen and oxygen atoms in total. The Morgan fingerprint density at radius 2 is 2.19 bits per heavy atom. The van der Waals surface area contributed by atoms with Gasteiger partial charge in [-0.25, -0.2) is 4.98 Å². The number of benzene rings is 1. The van der Waals surface area contributed by atoms with E-state index in [1.54, 1.807) is 7.11 Å². The molecule has 2 aromatic rings. The summed E-state index contributed by atoms with van der Waals surface area (Å²) in [6.07, 6.45) is 1.82. The average molecular weight is 360 g/mol. The van der Waals surface area contributed by atoms with E-state index in [9.17, 15) is 5.11 Å². The van der Waals surface area contributed by atoms with Crippen LogP contribution in [0.15, 0.2) is 16.5 Å². The first kappa shape index (κ1) is 17.2. The van der Waals surface area contributed by atoms with Gasteiger partial charge >= 0.3 is 0 Å². The summed E-state index contributed by atoms with van der Waals surface area (Å²) >= 11 is 0. The first-order chi connectivity index (χ1) is 12.4. The molecular weight excluding hydrogens is 336 g/mol. The number of piperidine rings is 1. The highest BCUT2D eigenvalue weighted by molar-refractivity contribution is 5.66. The standard InChI is InChI=1S/C19H24N2O5/c1-12-14(9-21-6-4-5-19(2,22)10-21)20-18(26-12)13-7-15(23-3)17-16(8-13)24-11-25-17/h7-8,22H,4-6,9-11H2,1-3H3/t19-/m1/s1. The fraction of sp³-hybridized carbons (Fsp3) is 0.526. The quantitative estimate of drug-likeness (QED) is 0.898. The van der Waals surface area contributed by atoms with E-state index in [1.807, 2.05) is 26.0 Å². The summed E-state index contributed by atoms with van der Waals surface area (Å²) in [7, 11) is 1.59. The van der Waals surface area contributed by atoms with Gasteiger partial charge in [-0.2, -0.15) is 0 Å². The molecule has 2 aliphatic heterocycles. The van der Waals surface area contributed by atoms with Crippen molar-refractivity contribution in [3.05, 3.63) is 23.6 Å². The fourth-order valence-electron chi connectivity index (χ4n) is 3.62. The molecule has 1 aromatic carbocycles. The molecule has 0 unspecified atom stereocenters. The Kier molecular flexibility index (Phi) is 4.28. The molecule has 0 aliphatic carbocycles. The normalized spacial score (nSPS) is 22.6. The third-order valence-corrected chi connectivity index (χ3v) is 4.93. The van der Waals surface area contributed by atoms with Gasteiger partial charge in [0.15, 0.2) is 11.5 Å². The van der Waals surface area contributed by atoms with Gasteiger partial charge in [0, 0.05) is 18.7 Å². The third-order valence-electron chi connectivity index (χ3n) is 4.93. The summed E-state index contributed by atoms with van der Waals surface area (Å²) in [6.45, 7) is 6.24. The zero-order valence-corrected chi connectivity index (χ0v) is 15.4. The summed E-state index contributed by atoms with van der Waals surface area (Å²) in [5.41, 5.74) is 1.03. The van der Waals surface area contributed by atoms with Gasteiger partial charge in [-0.15, -0.1) is 0 Å². The van der Waals surface area contributed by atoms with Crippen LogP contribution in [0.4, 0.5) is 0 Å². The molecule has 0 saturated carbocycles. The van der Waals surface area contributed by atoms with Crippen LogP contribution >= 0.6 is 0 Å². The zero-order chi connectivity index (χ0) is 18.3. The number of aryl methyl sites for hydroxylation is 1. The predicted octanol–water partition coefficient (Wildman–Crippen LogP) is 2.73. The second-order valence-corrected chi connectivity index (χ2v) is 7.25. The average Bonchev–Trinajstić information content (AvgIpc) is 3.20. The maximum absolute atomic E-state index is 10.3. The number of likely N-dealkylation sites (tertiary alicyclic amines) is 1. The van der Waals surface area contributed by atoms with Crippen molar-refractivity contribution in [2.75, 3.05) is 27.0 Å². The van der Waals surface area contributed by atoms with Crippen molar-refractivity contribution >= 4 is 0 Å². The van der Waals surface area contributed by atoms with E-state index >= 15 is 0 Å². The molecule has 0 amide bonds. The Labute approximate surface area is 152 Å². The zero-order valence-electron chi connectivity index (χ0n) is 15.4. The molecule has 0 radical (unpaired) electrons. The molecule has 26 heavy (non-hydrogen) atoms. The maximum atomic E-state index is 10.3. The molecule has 1 atom stereocenters. The topological polar surface area (TPSA) is 77.2 Å². The minimum Gasteiger partial charge on any atom is -0.493 e. The Morgan fingerprint density at radius 1 is 1.35 bits per heavy atom. The van der Waals surface area contributed by atoms with Crippen molar-refractivity contribution in [1.29, 1.82) is 0 Å². The smallest absolute Gasteiger partial charge is 0.231 e.